The van der Waals surface area contributed by atoms with Crippen LogP contribution in [0.15, 0.2) is 54.7 Å². The summed E-state index contributed by atoms with van der Waals surface area (Å²) < 4.78 is 7.23. The van der Waals surface area contributed by atoms with E-state index in [-0.39, 0.29) is 11.9 Å². The molecule has 4 rings (SSSR count). The van der Waals surface area contributed by atoms with Crippen molar-refractivity contribution in [2.45, 2.75) is 52.3 Å². The SMILES string of the molecule is Cc1ccc(Cn2cc(C(=O)O[C@H](C)C(=O)NC3CC3)c(-c3ccc(C)cc3)n2)cc1. The first-order chi connectivity index (χ1) is 14.9. The number of amides is 1. The lowest BCUT2D eigenvalue weighted by Gasteiger charge is -2.13. The van der Waals surface area contributed by atoms with Crippen LogP contribution in [0.4, 0.5) is 0 Å². The highest BCUT2D eigenvalue weighted by molar-refractivity contribution is 5.97. The molecule has 0 saturated heterocycles. The van der Waals surface area contributed by atoms with Crippen LogP contribution in [0.1, 0.15) is 46.8 Å². The number of hydrogen-bond donors (Lipinski definition) is 1. The summed E-state index contributed by atoms with van der Waals surface area (Å²) in [6.07, 6.45) is 2.80. The normalized spacial score (nSPS) is 14.2. The van der Waals surface area contributed by atoms with Crippen molar-refractivity contribution >= 4 is 11.9 Å². The van der Waals surface area contributed by atoms with Gasteiger partial charge in [0.15, 0.2) is 6.10 Å². The molecule has 6 heteroatoms. The predicted molar refractivity (Wildman–Crippen MR) is 119 cm³/mol. The molecule has 1 atom stereocenters. The van der Waals surface area contributed by atoms with E-state index >= 15 is 0 Å². The van der Waals surface area contributed by atoms with E-state index in [9.17, 15) is 9.59 Å². The van der Waals surface area contributed by atoms with Gasteiger partial charge in [0.25, 0.3) is 5.91 Å². The Morgan fingerprint density at radius 1 is 1.06 bits per heavy atom. The van der Waals surface area contributed by atoms with Crippen molar-refractivity contribution in [3.8, 4) is 11.3 Å². The molecule has 2 aromatic carbocycles. The zero-order valence-electron chi connectivity index (χ0n) is 18.1. The molecule has 0 radical (unpaired) electrons. The third-order valence-electron chi connectivity index (χ3n) is 5.35. The number of rotatable bonds is 7. The van der Waals surface area contributed by atoms with Gasteiger partial charge in [0.05, 0.1) is 6.54 Å². The third-order valence-corrected chi connectivity index (χ3v) is 5.35. The van der Waals surface area contributed by atoms with Crippen molar-refractivity contribution in [2.75, 3.05) is 0 Å². The van der Waals surface area contributed by atoms with Crippen molar-refractivity contribution in [3.05, 3.63) is 77.0 Å². The van der Waals surface area contributed by atoms with E-state index in [0.717, 1.165) is 29.5 Å². The largest absolute Gasteiger partial charge is 0.449 e. The van der Waals surface area contributed by atoms with Crippen molar-refractivity contribution in [3.63, 3.8) is 0 Å². The molecule has 1 aliphatic carbocycles. The zero-order valence-corrected chi connectivity index (χ0v) is 18.1. The number of benzene rings is 2. The van der Waals surface area contributed by atoms with E-state index < -0.39 is 12.1 Å². The maximum Gasteiger partial charge on any atom is 0.342 e. The smallest absolute Gasteiger partial charge is 0.342 e. The van der Waals surface area contributed by atoms with Crippen molar-refractivity contribution < 1.29 is 14.3 Å². The molecule has 1 fully saturated rings. The van der Waals surface area contributed by atoms with Gasteiger partial charge >= 0.3 is 5.97 Å². The Balaban J connectivity index is 1.59. The van der Waals surface area contributed by atoms with Gasteiger partial charge in [-0.1, -0.05) is 59.7 Å². The minimum atomic E-state index is -0.862. The Bertz CT molecular complexity index is 1080. The Hall–Kier alpha value is -3.41. The van der Waals surface area contributed by atoms with Crippen LogP contribution in [0, 0.1) is 13.8 Å². The fourth-order valence-electron chi connectivity index (χ4n) is 3.28. The molecule has 1 saturated carbocycles. The van der Waals surface area contributed by atoms with Gasteiger partial charge in [0, 0.05) is 17.8 Å². The summed E-state index contributed by atoms with van der Waals surface area (Å²) in [5.74, 6) is -0.816. The van der Waals surface area contributed by atoms with Crippen LogP contribution >= 0.6 is 0 Å². The van der Waals surface area contributed by atoms with Gasteiger partial charge in [-0.25, -0.2) is 4.79 Å². The van der Waals surface area contributed by atoms with Crippen LogP contribution in [0.3, 0.4) is 0 Å². The van der Waals surface area contributed by atoms with Crippen LogP contribution < -0.4 is 5.32 Å². The minimum absolute atomic E-state index is 0.217. The monoisotopic (exact) mass is 417 g/mol. The highest BCUT2D eigenvalue weighted by atomic mass is 16.5. The van der Waals surface area contributed by atoms with Gasteiger partial charge < -0.3 is 10.1 Å². The molecule has 0 bridgehead atoms. The number of nitrogens with one attached hydrogen (secondary N) is 1. The Kier molecular flexibility index (Phi) is 5.89. The fraction of sp³-hybridized carbons (Fsp3) is 0.320. The highest BCUT2D eigenvalue weighted by Gasteiger charge is 2.28. The van der Waals surface area contributed by atoms with E-state index in [1.807, 2.05) is 50.2 Å². The topological polar surface area (TPSA) is 73.2 Å². The maximum atomic E-state index is 13.0. The number of hydrogen-bond acceptors (Lipinski definition) is 4. The average Bonchev–Trinajstić information content (AvgIpc) is 3.46. The standard InChI is InChI=1S/C25H27N3O3/c1-16-4-8-19(9-5-16)14-28-15-22(23(27-28)20-10-6-17(2)7-11-20)25(30)31-18(3)24(29)26-21-12-13-21/h4-11,15,18,21H,12-14H2,1-3H3,(H,26,29)/t18-/m1/s1. The zero-order chi connectivity index (χ0) is 22.0. The molecule has 160 valence electrons. The molecule has 1 aliphatic rings. The second kappa shape index (κ2) is 8.76. The molecule has 0 spiro atoms. The summed E-state index contributed by atoms with van der Waals surface area (Å²) >= 11 is 0. The van der Waals surface area contributed by atoms with Crippen molar-refractivity contribution in [1.82, 2.24) is 15.1 Å². The van der Waals surface area contributed by atoms with Crippen LogP contribution in [0.2, 0.25) is 0 Å². The number of carbonyl (C=O) groups excluding carboxylic acids is 2. The number of carbonyl (C=O) groups is 2. The highest BCUT2D eigenvalue weighted by Crippen LogP contribution is 2.25. The molecule has 31 heavy (non-hydrogen) atoms. The Labute approximate surface area is 182 Å². The van der Waals surface area contributed by atoms with E-state index in [1.54, 1.807) is 17.8 Å². The van der Waals surface area contributed by atoms with E-state index in [2.05, 4.69) is 22.5 Å². The van der Waals surface area contributed by atoms with E-state index in [0.29, 0.717) is 17.8 Å². The molecule has 1 aromatic heterocycles. The number of aryl methyl sites for hydroxylation is 2. The summed E-state index contributed by atoms with van der Waals surface area (Å²) in [4.78, 5) is 25.2. The number of nitrogens with zero attached hydrogens (tertiary/aromatic N) is 2. The predicted octanol–water partition coefficient (Wildman–Crippen LogP) is 4.04. The lowest BCUT2D eigenvalue weighted by Crippen LogP contribution is -2.37. The fourth-order valence-corrected chi connectivity index (χ4v) is 3.28. The summed E-state index contributed by atoms with van der Waals surface area (Å²) in [5.41, 5.74) is 5.12. The van der Waals surface area contributed by atoms with Crippen molar-refractivity contribution in [2.24, 2.45) is 0 Å². The maximum absolute atomic E-state index is 13.0. The molecule has 1 amide bonds. The molecule has 0 aliphatic heterocycles. The first-order valence-corrected chi connectivity index (χ1v) is 10.6. The molecule has 1 N–H and O–H groups in total. The van der Waals surface area contributed by atoms with Crippen molar-refractivity contribution in [1.29, 1.82) is 0 Å². The molecular weight excluding hydrogens is 390 g/mol. The molecule has 0 unspecified atom stereocenters. The summed E-state index contributed by atoms with van der Waals surface area (Å²) in [5, 5.41) is 7.54. The number of ether oxygens (including phenoxy) is 1. The molecule has 6 nitrogen and oxygen atoms in total. The van der Waals surface area contributed by atoms with Gasteiger partial charge in [-0.05, 0) is 39.2 Å². The van der Waals surface area contributed by atoms with Gasteiger partial charge in [-0.3, -0.25) is 9.48 Å². The van der Waals surface area contributed by atoms with E-state index in [1.165, 1.54) is 5.56 Å². The molecule has 1 heterocycles. The first-order valence-electron chi connectivity index (χ1n) is 10.6. The van der Waals surface area contributed by atoms with Gasteiger partial charge in [-0.15, -0.1) is 0 Å². The lowest BCUT2D eigenvalue weighted by atomic mass is 10.1. The van der Waals surface area contributed by atoms with Gasteiger partial charge in [0.2, 0.25) is 0 Å². The number of aromatic nitrogens is 2. The lowest BCUT2D eigenvalue weighted by molar-refractivity contribution is -0.129. The van der Waals surface area contributed by atoms with E-state index in [4.69, 9.17) is 4.74 Å². The Morgan fingerprint density at radius 2 is 1.68 bits per heavy atom. The van der Waals surface area contributed by atoms with Crippen LogP contribution in [0.5, 0.6) is 0 Å². The van der Waals surface area contributed by atoms with Gasteiger partial charge in [0.1, 0.15) is 11.3 Å². The molecule has 3 aromatic rings. The van der Waals surface area contributed by atoms with Crippen LogP contribution in [0.25, 0.3) is 11.3 Å². The van der Waals surface area contributed by atoms with Crippen LogP contribution in [-0.2, 0) is 16.1 Å². The third kappa shape index (κ3) is 5.20. The summed E-state index contributed by atoms with van der Waals surface area (Å²) in [7, 11) is 0. The summed E-state index contributed by atoms with van der Waals surface area (Å²) in [6.45, 7) is 6.18. The molecular formula is C25H27N3O3. The minimum Gasteiger partial charge on any atom is -0.449 e. The average molecular weight is 418 g/mol. The quantitative estimate of drug-likeness (QED) is 0.589. The Morgan fingerprint density at radius 3 is 2.29 bits per heavy atom. The van der Waals surface area contributed by atoms with Crippen LogP contribution in [-0.4, -0.2) is 33.8 Å². The second-order valence-corrected chi connectivity index (χ2v) is 8.27. The first kappa shape index (κ1) is 20.8. The van der Waals surface area contributed by atoms with Gasteiger partial charge in [-0.2, -0.15) is 5.10 Å². The summed E-state index contributed by atoms with van der Waals surface area (Å²) in [6, 6.07) is 16.3. The number of esters is 1. The second-order valence-electron chi connectivity index (χ2n) is 8.27.